The first kappa shape index (κ1) is 17.4. The Morgan fingerprint density at radius 1 is 1.29 bits per heavy atom. The number of aromatic nitrogens is 1. The van der Waals surface area contributed by atoms with Crippen LogP contribution >= 0.6 is 0 Å². The second kappa shape index (κ2) is 6.73. The Hall–Kier alpha value is -2.69. The zero-order valence-corrected chi connectivity index (χ0v) is 16.4. The first-order chi connectivity index (χ1) is 13.7. The van der Waals surface area contributed by atoms with Crippen molar-refractivity contribution in [2.75, 3.05) is 25.5 Å². The smallest absolute Gasteiger partial charge is 0.226 e. The number of ether oxygens (including phenoxy) is 1. The molecule has 1 aromatic heterocycles. The molecule has 1 aromatic carbocycles. The molecular formula is C23H27N3O2. The van der Waals surface area contributed by atoms with Crippen molar-refractivity contribution in [3.05, 3.63) is 54.4 Å². The van der Waals surface area contributed by atoms with E-state index in [1.807, 2.05) is 6.07 Å². The molecule has 5 nitrogen and oxygen atoms in total. The van der Waals surface area contributed by atoms with Crippen LogP contribution < -0.4 is 10.1 Å². The van der Waals surface area contributed by atoms with Crippen molar-refractivity contribution in [2.45, 2.75) is 37.6 Å². The second-order valence-corrected chi connectivity index (χ2v) is 8.20. The third kappa shape index (κ3) is 2.72. The van der Waals surface area contributed by atoms with E-state index in [0.29, 0.717) is 12.5 Å². The monoisotopic (exact) mass is 377 g/mol. The van der Waals surface area contributed by atoms with Crippen LogP contribution in [0.3, 0.4) is 0 Å². The molecule has 2 atom stereocenters. The number of benzene rings is 1. The number of nitrogens with one attached hydrogen (secondary N) is 1. The van der Waals surface area contributed by atoms with Crippen molar-refractivity contribution in [2.24, 2.45) is 5.92 Å². The van der Waals surface area contributed by atoms with Gasteiger partial charge in [0, 0.05) is 31.3 Å². The number of hydrogen-bond acceptors (Lipinski definition) is 3. The largest absolute Gasteiger partial charge is 0.497 e. The number of hydrogen-bond donors (Lipinski definition) is 1. The van der Waals surface area contributed by atoms with Crippen molar-refractivity contribution in [1.82, 2.24) is 9.47 Å². The summed E-state index contributed by atoms with van der Waals surface area (Å²) < 4.78 is 7.71. The molecule has 2 aliphatic heterocycles. The van der Waals surface area contributed by atoms with Gasteiger partial charge in [0.2, 0.25) is 5.91 Å². The molecule has 1 aliphatic carbocycles. The summed E-state index contributed by atoms with van der Waals surface area (Å²) >= 11 is 0. The Labute approximate surface area is 166 Å². The number of likely N-dealkylation sites (tertiary alicyclic amines) is 1. The fourth-order valence-electron chi connectivity index (χ4n) is 5.09. The maximum atomic E-state index is 13.2. The van der Waals surface area contributed by atoms with Crippen LogP contribution in [0.25, 0.3) is 5.69 Å². The van der Waals surface area contributed by atoms with Gasteiger partial charge in [0.05, 0.1) is 29.7 Å². The van der Waals surface area contributed by atoms with Gasteiger partial charge in [0.1, 0.15) is 5.75 Å². The molecule has 5 heteroatoms. The molecule has 0 saturated carbocycles. The van der Waals surface area contributed by atoms with Crippen molar-refractivity contribution in [3.63, 3.8) is 0 Å². The molecular weight excluding hydrogens is 350 g/mol. The van der Waals surface area contributed by atoms with E-state index < -0.39 is 0 Å². The van der Waals surface area contributed by atoms with E-state index in [9.17, 15) is 4.79 Å². The van der Waals surface area contributed by atoms with Crippen LogP contribution in [0, 0.1) is 5.92 Å². The van der Waals surface area contributed by atoms with Gasteiger partial charge in [0.15, 0.2) is 0 Å². The molecule has 1 saturated heterocycles. The highest BCUT2D eigenvalue weighted by atomic mass is 16.5. The molecule has 1 amide bonds. The zero-order chi connectivity index (χ0) is 19.1. The molecule has 2 aromatic rings. The Balaban J connectivity index is 1.49. The molecule has 1 N–H and O–H groups in total. The Morgan fingerprint density at radius 2 is 2.21 bits per heavy atom. The molecule has 0 unspecified atom stereocenters. The highest BCUT2D eigenvalue weighted by Gasteiger charge is 2.44. The quantitative estimate of drug-likeness (QED) is 0.802. The van der Waals surface area contributed by atoms with E-state index in [-0.39, 0.29) is 11.5 Å². The second-order valence-electron chi connectivity index (χ2n) is 8.20. The van der Waals surface area contributed by atoms with Crippen LogP contribution in [-0.4, -0.2) is 35.6 Å². The maximum absolute atomic E-state index is 13.2. The standard InChI is InChI=1S/C23H27N3O2/c1-28-18-10-11-20-19(15-18)24-23(21-9-5-14-26(20)21)12-6-13-25(16-23)22(27)17-7-3-2-4-8-17/h2-3,5,9-11,14-15,17,24H,4,6-8,12-13,16H2,1H3/t17-,23-/m0/s1. The van der Waals surface area contributed by atoms with Crippen molar-refractivity contribution in [1.29, 1.82) is 0 Å². The molecule has 5 rings (SSSR count). The van der Waals surface area contributed by atoms with Crippen LogP contribution in [0.5, 0.6) is 5.75 Å². The number of rotatable bonds is 2. The van der Waals surface area contributed by atoms with Gasteiger partial charge in [0.25, 0.3) is 0 Å². The predicted octanol–water partition coefficient (Wildman–Crippen LogP) is 4.09. The number of amides is 1. The number of allylic oxidation sites excluding steroid dienone is 2. The summed E-state index contributed by atoms with van der Waals surface area (Å²) in [5.41, 5.74) is 3.19. The Kier molecular flexibility index (Phi) is 4.18. The van der Waals surface area contributed by atoms with Crippen LogP contribution in [0.1, 0.15) is 37.8 Å². The van der Waals surface area contributed by atoms with E-state index in [1.54, 1.807) is 7.11 Å². The first-order valence-electron chi connectivity index (χ1n) is 10.3. The number of fused-ring (bicyclic) bond motifs is 4. The van der Waals surface area contributed by atoms with Crippen LogP contribution in [0.4, 0.5) is 5.69 Å². The summed E-state index contributed by atoms with van der Waals surface area (Å²) in [6, 6.07) is 10.4. The number of methoxy groups -OCH3 is 1. The fraction of sp³-hybridized carbons (Fsp3) is 0.435. The van der Waals surface area contributed by atoms with Gasteiger partial charge in [-0.2, -0.15) is 0 Å². The SMILES string of the molecule is COc1ccc2c(c1)N[C@]1(CCCN(C(=O)[C@H]3CC=CCC3)C1)c1cccn1-2. The van der Waals surface area contributed by atoms with E-state index in [4.69, 9.17) is 4.74 Å². The van der Waals surface area contributed by atoms with Crippen LogP contribution in [0.2, 0.25) is 0 Å². The number of anilines is 1. The molecule has 28 heavy (non-hydrogen) atoms. The van der Waals surface area contributed by atoms with Gasteiger partial charge in [-0.15, -0.1) is 0 Å². The summed E-state index contributed by atoms with van der Waals surface area (Å²) in [6.07, 6.45) is 11.4. The Bertz CT molecular complexity index is 932. The lowest BCUT2D eigenvalue weighted by molar-refractivity contribution is -0.137. The first-order valence-corrected chi connectivity index (χ1v) is 10.3. The molecule has 146 valence electrons. The summed E-state index contributed by atoms with van der Waals surface area (Å²) in [5, 5.41) is 3.81. The van der Waals surface area contributed by atoms with Crippen molar-refractivity contribution in [3.8, 4) is 11.4 Å². The van der Waals surface area contributed by atoms with E-state index in [1.165, 1.54) is 5.69 Å². The van der Waals surface area contributed by atoms with Crippen molar-refractivity contribution >= 4 is 11.6 Å². The zero-order valence-electron chi connectivity index (χ0n) is 16.4. The number of piperidine rings is 1. The molecule has 3 aliphatic rings. The maximum Gasteiger partial charge on any atom is 0.226 e. The van der Waals surface area contributed by atoms with Crippen LogP contribution in [0.15, 0.2) is 48.7 Å². The highest BCUT2D eigenvalue weighted by Crippen LogP contribution is 2.43. The third-order valence-electron chi connectivity index (χ3n) is 6.50. The Morgan fingerprint density at radius 3 is 3.04 bits per heavy atom. The minimum Gasteiger partial charge on any atom is -0.497 e. The molecule has 1 spiro atoms. The van der Waals surface area contributed by atoms with Gasteiger partial charge in [-0.05, 0) is 56.4 Å². The summed E-state index contributed by atoms with van der Waals surface area (Å²) in [4.78, 5) is 15.3. The van der Waals surface area contributed by atoms with E-state index in [2.05, 4.69) is 57.4 Å². The molecule has 0 bridgehead atoms. The van der Waals surface area contributed by atoms with E-state index in [0.717, 1.165) is 55.8 Å². The lowest BCUT2D eigenvalue weighted by Crippen LogP contribution is -2.55. The summed E-state index contributed by atoms with van der Waals surface area (Å²) in [5.74, 6) is 1.30. The summed E-state index contributed by atoms with van der Waals surface area (Å²) in [6.45, 7) is 1.57. The number of nitrogens with zero attached hydrogens (tertiary/aromatic N) is 2. The predicted molar refractivity (Wildman–Crippen MR) is 110 cm³/mol. The molecule has 1 fully saturated rings. The average Bonchev–Trinajstić information content (AvgIpc) is 3.25. The van der Waals surface area contributed by atoms with E-state index >= 15 is 0 Å². The minimum atomic E-state index is -0.249. The lowest BCUT2D eigenvalue weighted by atomic mass is 9.82. The van der Waals surface area contributed by atoms with Crippen molar-refractivity contribution < 1.29 is 9.53 Å². The fourth-order valence-corrected chi connectivity index (χ4v) is 5.09. The lowest BCUT2D eigenvalue weighted by Gasteiger charge is -2.47. The van der Waals surface area contributed by atoms with Gasteiger partial charge in [-0.25, -0.2) is 0 Å². The third-order valence-corrected chi connectivity index (χ3v) is 6.50. The average molecular weight is 377 g/mol. The normalized spacial score (nSPS) is 25.8. The topological polar surface area (TPSA) is 46.5 Å². The van der Waals surface area contributed by atoms with Crippen LogP contribution in [-0.2, 0) is 10.3 Å². The van der Waals surface area contributed by atoms with Gasteiger partial charge >= 0.3 is 0 Å². The van der Waals surface area contributed by atoms with Gasteiger partial charge in [-0.1, -0.05) is 12.2 Å². The number of carbonyl (C=O) groups excluding carboxylic acids is 1. The van der Waals surface area contributed by atoms with Gasteiger partial charge < -0.3 is 19.5 Å². The highest BCUT2D eigenvalue weighted by molar-refractivity contribution is 5.80. The van der Waals surface area contributed by atoms with Gasteiger partial charge in [-0.3, -0.25) is 4.79 Å². The molecule has 0 radical (unpaired) electrons. The molecule has 3 heterocycles. The minimum absolute atomic E-state index is 0.142. The summed E-state index contributed by atoms with van der Waals surface area (Å²) in [7, 11) is 1.70. The number of carbonyl (C=O) groups is 1.